The van der Waals surface area contributed by atoms with Crippen molar-refractivity contribution in [1.29, 1.82) is 5.26 Å². The van der Waals surface area contributed by atoms with Gasteiger partial charge in [-0.2, -0.15) is 5.26 Å². The first-order chi connectivity index (χ1) is 7.61. The Morgan fingerprint density at radius 3 is 2.69 bits per heavy atom. The molecule has 0 aliphatic carbocycles. The van der Waals surface area contributed by atoms with E-state index in [-0.39, 0.29) is 11.1 Å². The first kappa shape index (κ1) is 13.1. The SMILES string of the molecule is N#Cc1cccc(C(O)C(O)CCBr)c1F. The number of hydrogen-bond acceptors (Lipinski definition) is 3. The van der Waals surface area contributed by atoms with Gasteiger partial charge >= 0.3 is 0 Å². The summed E-state index contributed by atoms with van der Waals surface area (Å²) in [7, 11) is 0. The number of nitrogens with zero attached hydrogens (tertiary/aromatic N) is 1. The van der Waals surface area contributed by atoms with Gasteiger partial charge in [0.1, 0.15) is 18.0 Å². The van der Waals surface area contributed by atoms with Crippen molar-refractivity contribution in [2.75, 3.05) is 5.33 Å². The second kappa shape index (κ2) is 5.94. The molecule has 2 atom stereocenters. The standard InChI is InChI=1S/C11H11BrFNO2/c12-5-4-9(15)11(16)8-3-1-2-7(6-14)10(8)13/h1-3,9,11,15-16H,4-5H2. The minimum atomic E-state index is -1.31. The van der Waals surface area contributed by atoms with Crippen LogP contribution in [0.4, 0.5) is 4.39 Å². The van der Waals surface area contributed by atoms with Gasteiger partial charge in [-0.1, -0.05) is 28.1 Å². The van der Waals surface area contributed by atoms with Crippen molar-refractivity contribution in [2.45, 2.75) is 18.6 Å². The average molecular weight is 288 g/mol. The van der Waals surface area contributed by atoms with Gasteiger partial charge in [-0.05, 0) is 12.5 Å². The van der Waals surface area contributed by atoms with Crippen molar-refractivity contribution < 1.29 is 14.6 Å². The van der Waals surface area contributed by atoms with Gasteiger partial charge in [0.15, 0.2) is 0 Å². The summed E-state index contributed by atoms with van der Waals surface area (Å²) in [4.78, 5) is 0. The largest absolute Gasteiger partial charge is 0.390 e. The monoisotopic (exact) mass is 287 g/mol. The number of aliphatic hydroxyl groups excluding tert-OH is 2. The van der Waals surface area contributed by atoms with Crippen LogP contribution in [0.1, 0.15) is 23.7 Å². The molecule has 0 aliphatic rings. The maximum absolute atomic E-state index is 13.6. The molecule has 0 amide bonds. The fourth-order valence-electron chi connectivity index (χ4n) is 1.34. The Bertz CT molecular complexity index is 405. The van der Waals surface area contributed by atoms with E-state index in [1.807, 2.05) is 0 Å². The van der Waals surface area contributed by atoms with E-state index in [4.69, 9.17) is 5.26 Å². The van der Waals surface area contributed by atoms with Crippen LogP contribution < -0.4 is 0 Å². The Morgan fingerprint density at radius 2 is 2.12 bits per heavy atom. The lowest BCUT2D eigenvalue weighted by molar-refractivity contribution is 0.0152. The van der Waals surface area contributed by atoms with Crippen LogP contribution in [0.25, 0.3) is 0 Å². The Balaban J connectivity index is 3.00. The molecular formula is C11H11BrFNO2. The van der Waals surface area contributed by atoms with Crippen molar-refractivity contribution in [3.8, 4) is 6.07 Å². The van der Waals surface area contributed by atoms with E-state index < -0.39 is 18.0 Å². The quantitative estimate of drug-likeness (QED) is 0.831. The molecule has 0 radical (unpaired) electrons. The zero-order valence-electron chi connectivity index (χ0n) is 8.40. The highest BCUT2D eigenvalue weighted by molar-refractivity contribution is 9.09. The van der Waals surface area contributed by atoms with Crippen LogP contribution in [0, 0.1) is 17.1 Å². The van der Waals surface area contributed by atoms with Crippen LogP contribution >= 0.6 is 15.9 Å². The van der Waals surface area contributed by atoms with Crippen LogP contribution in [0.2, 0.25) is 0 Å². The number of rotatable bonds is 4. The predicted molar refractivity (Wildman–Crippen MR) is 60.5 cm³/mol. The lowest BCUT2D eigenvalue weighted by Crippen LogP contribution is -2.20. The first-order valence-electron chi connectivity index (χ1n) is 4.72. The molecule has 86 valence electrons. The molecule has 0 bridgehead atoms. The maximum Gasteiger partial charge on any atom is 0.146 e. The fraction of sp³-hybridized carbons (Fsp3) is 0.364. The molecule has 0 aromatic heterocycles. The smallest absolute Gasteiger partial charge is 0.146 e. The molecule has 0 fully saturated rings. The highest BCUT2D eigenvalue weighted by Gasteiger charge is 2.22. The summed E-state index contributed by atoms with van der Waals surface area (Å²) in [6, 6.07) is 5.84. The zero-order chi connectivity index (χ0) is 12.1. The average Bonchev–Trinajstić information content (AvgIpc) is 2.29. The van der Waals surface area contributed by atoms with Crippen molar-refractivity contribution in [2.24, 2.45) is 0 Å². The summed E-state index contributed by atoms with van der Waals surface area (Å²) in [6.45, 7) is 0. The molecule has 5 heteroatoms. The van der Waals surface area contributed by atoms with Gasteiger partial charge in [-0.25, -0.2) is 4.39 Å². The Labute approximate surface area is 101 Å². The van der Waals surface area contributed by atoms with E-state index in [9.17, 15) is 14.6 Å². The number of benzene rings is 1. The molecule has 1 aromatic carbocycles. The Hall–Kier alpha value is -0.960. The Morgan fingerprint density at radius 1 is 1.44 bits per heavy atom. The fourth-order valence-corrected chi connectivity index (χ4v) is 1.81. The molecular weight excluding hydrogens is 277 g/mol. The predicted octanol–water partition coefficient (Wildman–Crippen LogP) is 1.88. The molecule has 0 spiro atoms. The summed E-state index contributed by atoms with van der Waals surface area (Å²) >= 11 is 3.12. The minimum Gasteiger partial charge on any atom is -0.390 e. The summed E-state index contributed by atoms with van der Waals surface area (Å²) < 4.78 is 13.6. The van der Waals surface area contributed by atoms with Crippen molar-refractivity contribution in [1.82, 2.24) is 0 Å². The number of aliphatic hydroxyl groups is 2. The summed E-state index contributed by atoms with van der Waals surface area (Å²) in [6.07, 6.45) is -2.06. The van der Waals surface area contributed by atoms with Gasteiger partial charge < -0.3 is 10.2 Å². The topological polar surface area (TPSA) is 64.2 Å². The second-order valence-electron chi connectivity index (χ2n) is 3.31. The van der Waals surface area contributed by atoms with E-state index in [2.05, 4.69) is 15.9 Å². The molecule has 2 N–H and O–H groups in total. The van der Waals surface area contributed by atoms with Crippen LogP contribution in [0.5, 0.6) is 0 Å². The lowest BCUT2D eigenvalue weighted by atomic mass is 10.00. The number of nitriles is 1. The van der Waals surface area contributed by atoms with Crippen LogP contribution in [0.15, 0.2) is 18.2 Å². The highest BCUT2D eigenvalue weighted by Crippen LogP contribution is 2.24. The van der Waals surface area contributed by atoms with E-state index in [0.717, 1.165) is 0 Å². The van der Waals surface area contributed by atoms with Crippen LogP contribution in [-0.4, -0.2) is 21.6 Å². The van der Waals surface area contributed by atoms with Gasteiger partial charge in [-0.3, -0.25) is 0 Å². The summed E-state index contributed by atoms with van der Waals surface area (Å²) in [5, 5.41) is 28.4. The van der Waals surface area contributed by atoms with Crippen molar-refractivity contribution in [3.63, 3.8) is 0 Å². The molecule has 1 rings (SSSR count). The molecule has 0 aliphatic heterocycles. The second-order valence-corrected chi connectivity index (χ2v) is 4.10. The van der Waals surface area contributed by atoms with E-state index in [1.54, 1.807) is 6.07 Å². The highest BCUT2D eigenvalue weighted by atomic mass is 79.9. The van der Waals surface area contributed by atoms with Gasteiger partial charge in [-0.15, -0.1) is 0 Å². The third-order valence-corrected chi connectivity index (χ3v) is 2.69. The number of hydrogen-bond donors (Lipinski definition) is 2. The summed E-state index contributed by atoms with van der Waals surface area (Å²) in [5.74, 6) is -0.772. The lowest BCUT2D eigenvalue weighted by Gasteiger charge is -2.17. The van der Waals surface area contributed by atoms with Crippen molar-refractivity contribution in [3.05, 3.63) is 35.1 Å². The molecule has 3 nitrogen and oxygen atoms in total. The van der Waals surface area contributed by atoms with Gasteiger partial charge in [0.25, 0.3) is 0 Å². The summed E-state index contributed by atoms with van der Waals surface area (Å²) in [5.41, 5.74) is -0.185. The number of alkyl halides is 1. The molecule has 0 saturated heterocycles. The van der Waals surface area contributed by atoms with E-state index in [0.29, 0.717) is 11.8 Å². The van der Waals surface area contributed by atoms with E-state index >= 15 is 0 Å². The minimum absolute atomic E-state index is 0.0486. The molecule has 0 saturated carbocycles. The van der Waals surface area contributed by atoms with E-state index in [1.165, 1.54) is 18.2 Å². The third-order valence-electron chi connectivity index (χ3n) is 2.24. The number of halogens is 2. The van der Waals surface area contributed by atoms with Crippen LogP contribution in [0.3, 0.4) is 0 Å². The van der Waals surface area contributed by atoms with Gasteiger partial charge in [0.05, 0.1) is 11.7 Å². The Kier molecular flexibility index (Phi) is 4.87. The normalized spacial score (nSPS) is 14.2. The molecule has 2 unspecified atom stereocenters. The van der Waals surface area contributed by atoms with Gasteiger partial charge in [0.2, 0.25) is 0 Å². The first-order valence-corrected chi connectivity index (χ1v) is 5.84. The zero-order valence-corrected chi connectivity index (χ0v) is 9.98. The molecule has 16 heavy (non-hydrogen) atoms. The van der Waals surface area contributed by atoms with Crippen molar-refractivity contribution >= 4 is 15.9 Å². The molecule has 0 heterocycles. The third kappa shape index (κ3) is 2.79. The maximum atomic E-state index is 13.6. The van der Waals surface area contributed by atoms with Gasteiger partial charge in [0, 0.05) is 10.9 Å². The molecule has 1 aromatic rings. The van der Waals surface area contributed by atoms with Crippen LogP contribution in [-0.2, 0) is 0 Å².